The van der Waals surface area contributed by atoms with Crippen LogP contribution < -0.4 is 11.3 Å². The predicted molar refractivity (Wildman–Crippen MR) is 69.3 cm³/mol. The standard InChI is InChI=1S/C12H24N2OS/c1-9-2-4-10(5-3-9)12(14-13)11-8-16-7-6-15-11/h9-12,14H,2-8,13H2,1H3. The van der Waals surface area contributed by atoms with Crippen LogP contribution in [-0.2, 0) is 4.74 Å². The van der Waals surface area contributed by atoms with Crippen LogP contribution in [0.4, 0.5) is 0 Å². The van der Waals surface area contributed by atoms with Crippen molar-refractivity contribution in [1.29, 1.82) is 0 Å². The van der Waals surface area contributed by atoms with E-state index in [1.54, 1.807) is 0 Å². The lowest BCUT2D eigenvalue weighted by Crippen LogP contribution is -2.52. The average molecular weight is 244 g/mol. The Kier molecular flexibility index (Phi) is 4.95. The fraction of sp³-hybridized carbons (Fsp3) is 1.00. The Balaban J connectivity index is 1.88. The number of nitrogens with one attached hydrogen (secondary N) is 1. The van der Waals surface area contributed by atoms with Crippen molar-refractivity contribution in [2.45, 2.75) is 44.8 Å². The van der Waals surface area contributed by atoms with Crippen molar-refractivity contribution in [3.8, 4) is 0 Å². The number of hydrogen-bond donors (Lipinski definition) is 2. The topological polar surface area (TPSA) is 47.3 Å². The van der Waals surface area contributed by atoms with Gasteiger partial charge in [0.05, 0.1) is 18.8 Å². The Morgan fingerprint density at radius 1 is 1.31 bits per heavy atom. The van der Waals surface area contributed by atoms with Crippen LogP contribution in [0.2, 0.25) is 0 Å². The van der Waals surface area contributed by atoms with E-state index < -0.39 is 0 Å². The van der Waals surface area contributed by atoms with Gasteiger partial charge >= 0.3 is 0 Å². The summed E-state index contributed by atoms with van der Waals surface area (Å²) in [4.78, 5) is 0. The molecule has 0 aromatic heterocycles. The van der Waals surface area contributed by atoms with Crippen LogP contribution in [-0.4, -0.2) is 30.3 Å². The highest BCUT2D eigenvalue weighted by molar-refractivity contribution is 7.99. The van der Waals surface area contributed by atoms with Crippen LogP contribution in [0.5, 0.6) is 0 Å². The maximum Gasteiger partial charge on any atom is 0.0834 e. The normalized spacial score (nSPS) is 38.2. The molecule has 1 heterocycles. The Bertz CT molecular complexity index is 201. The SMILES string of the molecule is CC1CCC(C(NN)C2CSCCO2)CC1. The van der Waals surface area contributed by atoms with Crippen molar-refractivity contribution >= 4 is 11.8 Å². The minimum Gasteiger partial charge on any atom is -0.375 e. The van der Waals surface area contributed by atoms with Gasteiger partial charge in [0.15, 0.2) is 0 Å². The number of nitrogens with two attached hydrogens (primary N) is 1. The Labute approximate surface area is 103 Å². The van der Waals surface area contributed by atoms with Gasteiger partial charge in [0.1, 0.15) is 0 Å². The highest BCUT2D eigenvalue weighted by Crippen LogP contribution is 2.33. The molecule has 0 radical (unpaired) electrons. The number of hydrazine groups is 1. The molecule has 2 aliphatic rings. The molecule has 3 N–H and O–H groups in total. The Morgan fingerprint density at radius 2 is 2.06 bits per heavy atom. The molecule has 94 valence electrons. The molecule has 1 saturated carbocycles. The van der Waals surface area contributed by atoms with Gasteiger partial charge in [-0.05, 0) is 24.7 Å². The summed E-state index contributed by atoms with van der Waals surface area (Å²) in [6.07, 6.45) is 5.63. The van der Waals surface area contributed by atoms with Gasteiger partial charge in [-0.1, -0.05) is 19.8 Å². The predicted octanol–water partition coefficient (Wildman–Crippen LogP) is 1.78. The Hall–Kier alpha value is 0.230. The lowest BCUT2D eigenvalue weighted by molar-refractivity contribution is 0.0210. The van der Waals surface area contributed by atoms with E-state index in [-0.39, 0.29) is 0 Å². The van der Waals surface area contributed by atoms with E-state index in [4.69, 9.17) is 10.6 Å². The van der Waals surface area contributed by atoms with Gasteiger partial charge in [-0.25, -0.2) is 0 Å². The summed E-state index contributed by atoms with van der Waals surface area (Å²) in [5.41, 5.74) is 3.02. The fourth-order valence-electron chi connectivity index (χ4n) is 2.91. The molecule has 16 heavy (non-hydrogen) atoms. The van der Waals surface area contributed by atoms with E-state index in [1.807, 2.05) is 11.8 Å². The zero-order valence-corrected chi connectivity index (χ0v) is 11.0. The molecule has 2 unspecified atom stereocenters. The van der Waals surface area contributed by atoms with Gasteiger partial charge < -0.3 is 4.74 Å². The minimum absolute atomic E-state index is 0.321. The maximum atomic E-state index is 5.85. The van der Waals surface area contributed by atoms with Crippen LogP contribution in [0.3, 0.4) is 0 Å². The summed E-state index contributed by atoms with van der Waals surface area (Å²) in [5.74, 6) is 9.57. The smallest absolute Gasteiger partial charge is 0.0834 e. The third kappa shape index (κ3) is 3.13. The first kappa shape index (κ1) is 12.7. The fourth-order valence-corrected chi connectivity index (χ4v) is 3.82. The summed E-state index contributed by atoms with van der Waals surface area (Å²) in [6.45, 7) is 3.24. The lowest BCUT2D eigenvalue weighted by Gasteiger charge is -2.38. The lowest BCUT2D eigenvalue weighted by atomic mass is 9.78. The first-order chi connectivity index (χ1) is 7.81. The van der Waals surface area contributed by atoms with Crippen LogP contribution >= 0.6 is 11.8 Å². The Morgan fingerprint density at radius 3 is 2.62 bits per heavy atom. The zero-order chi connectivity index (χ0) is 11.4. The van der Waals surface area contributed by atoms with E-state index in [1.165, 1.54) is 25.7 Å². The van der Waals surface area contributed by atoms with Crippen LogP contribution in [0.25, 0.3) is 0 Å². The van der Waals surface area contributed by atoms with Crippen LogP contribution in [0, 0.1) is 11.8 Å². The summed E-state index contributed by atoms with van der Waals surface area (Å²) in [6, 6.07) is 0.361. The molecule has 2 rings (SSSR count). The van der Waals surface area contributed by atoms with Gasteiger partial charge in [0.25, 0.3) is 0 Å². The van der Waals surface area contributed by atoms with Crippen LogP contribution in [0.1, 0.15) is 32.6 Å². The molecule has 1 saturated heterocycles. The van der Waals surface area contributed by atoms with Crippen molar-refractivity contribution in [2.24, 2.45) is 17.7 Å². The molecule has 3 nitrogen and oxygen atoms in total. The second kappa shape index (κ2) is 6.24. The molecular weight excluding hydrogens is 220 g/mol. The zero-order valence-electron chi connectivity index (χ0n) is 10.2. The van der Waals surface area contributed by atoms with Crippen molar-refractivity contribution in [1.82, 2.24) is 5.43 Å². The third-order valence-corrected chi connectivity index (χ3v) is 5.02. The van der Waals surface area contributed by atoms with Gasteiger partial charge in [-0.3, -0.25) is 11.3 Å². The molecule has 0 spiro atoms. The summed E-state index contributed by atoms with van der Waals surface area (Å²) >= 11 is 1.99. The molecule has 2 atom stereocenters. The molecule has 0 aromatic rings. The van der Waals surface area contributed by atoms with Crippen molar-refractivity contribution in [3.05, 3.63) is 0 Å². The van der Waals surface area contributed by atoms with E-state index >= 15 is 0 Å². The molecule has 1 aliphatic heterocycles. The number of ether oxygens (including phenoxy) is 1. The summed E-state index contributed by atoms with van der Waals surface area (Å²) in [7, 11) is 0. The van der Waals surface area contributed by atoms with E-state index in [2.05, 4.69) is 12.3 Å². The summed E-state index contributed by atoms with van der Waals surface area (Å²) < 4.78 is 5.85. The third-order valence-electron chi connectivity index (χ3n) is 4.00. The first-order valence-corrected chi connectivity index (χ1v) is 7.62. The monoisotopic (exact) mass is 244 g/mol. The van der Waals surface area contributed by atoms with E-state index in [0.29, 0.717) is 18.1 Å². The summed E-state index contributed by atoms with van der Waals surface area (Å²) in [5, 5.41) is 0. The van der Waals surface area contributed by atoms with Crippen LogP contribution in [0.15, 0.2) is 0 Å². The maximum absolute atomic E-state index is 5.85. The molecule has 0 amide bonds. The van der Waals surface area contributed by atoms with Crippen molar-refractivity contribution in [3.63, 3.8) is 0 Å². The molecule has 1 aliphatic carbocycles. The first-order valence-electron chi connectivity index (χ1n) is 6.46. The molecular formula is C12H24N2OS. The minimum atomic E-state index is 0.321. The molecule has 0 aromatic carbocycles. The number of thioether (sulfide) groups is 1. The molecule has 2 fully saturated rings. The quantitative estimate of drug-likeness (QED) is 0.587. The highest BCUT2D eigenvalue weighted by atomic mass is 32.2. The molecule has 4 heteroatoms. The number of rotatable bonds is 3. The van der Waals surface area contributed by atoms with Gasteiger partial charge in [-0.2, -0.15) is 11.8 Å². The second-order valence-electron chi connectivity index (χ2n) is 5.20. The highest BCUT2D eigenvalue weighted by Gasteiger charge is 2.32. The van der Waals surface area contributed by atoms with Gasteiger partial charge in [0, 0.05) is 11.5 Å². The van der Waals surface area contributed by atoms with Gasteiger partial charge in [-0.15, -0.1) is 0 Å². The second-order valence-corrected chi connectivity index (χ2v) is 6.35. The molecule has 0 bridgehead atoms. The van der Waals surface area contributed by atoms with Crippen molar-refractivity contribution in [2.75, 3.05) is 18.1 Å². The van der Waals surface area contributed by atoms with E-state index in [9.17, 15) is 0 Å². The van der Waals surface area contributed by atoms with Crippen molar-refractivity contribution < 1.29 is 4.74 Å². The van der Waals surface area contributed by atoms with E-state index in [0.717, 1.165) is 24.0 Å². The average Bonchev–Trinajstić information content (AvgIpc) is 2.34. The van der Waals surface area contributed by atoms with Gasteiger partial charge in [0.2, 0.25) is 0 Å². The number of hydrogen-bond acceptors (Lipinski definition) is 4. The largest absolute Gasteiger partial charge is 0.375 e.